The summed E-state index contributed by atoms with van der Waals surface area (Å²) < 4.78 is 4.88. The van der Waals surface area contributed by atoms with E-state index in [-0.39, 0.29) is 5.75 Å². The van der Waals surface area contributed by atoms with E-state index in [2.05, 4.69) is 0 Å². The summed E-state index contributed by atoms with van der Waals surface area (Å²) in [6.07, 6.45) is 1.32. The van der Waals surface area contributed by atoms with Gasteiger partial charge in [-0.1, -0.05) is 30.3 Å². The molecule has 0 heterocycles. The monoisotopic (exact) mass is 216 g/mol. The van der Waals surface area contributed by atoms with Gasteiger partial charge in [0.2, 0.25) is 5.43 Å². The third kappa shape index (κ3) is 1.76. The number of aryl methyl sites for hydroxylation is 1. The van der Waals surface area contributed by atoms with Crippen molar-refractivity contribution >= 4 is 0 Å². The van der Waals surface area contributed by atoms with Gasteiger partial charge in [-0.2, -0.15) is 0 Å². The molecule has 0 fully saturated rings. The summed E-state index contributed by atoms with van der Waals surface area (Å²) in [5.74, 6) is 0.237. The standard InChI is InChI=1S/C13H12O3/c1-16-13-10(11(14)12(13)15)8-7-9-5-3-2-4-6-9/h2-6H,7-8H2,1H3. The van der Waals surface area contributed by atoms with E-state index in [9.17, 15) is 9.59 Å². The molecule has 0 aliphatic rings. The van der Waals surface area contributed by atoms with Crippen LogP contribution in [0.1, 0.15) is 11.1 Å². The molecule has 0 aliphatic carbocycles. The maximum atomic E-state index is 11.3. The van der Waals surface area contributed by atoms with Crippen LogP contribution < -0.4 is 15.6 Å². The van der Waals surface area contributed by atoms with Crippen molar-refractivity contribution in [2.24, 2.45) is 0 Å². The first-order chi connectivity index (χ1) is 7.74. The number of rotatable bonds is 4. The summed E-state index contributed by atoms with van der Waals surface area (Å²) in [6, 6.07) is 9.85. The van der Waals surface area contributed by atoms with E-state index in [0.717, 1.165) is 12.0 Å². The van der Waals surface area contributed by atoms with E-state index in [1.807, 2.05) is 30.3 Å². The normalized spacial score (nSPS) is 10.6. The lowest BCUT2D eigenvalue weighted by molar-refractivity contribution is 0.398. The third-order valence-corrected chi connectivity index (χ3v) is 2.67. The second-order valence-corrected chi connectivity index (χ2v) is 3.66. The Balaban J connectivity index is 2.09. The lowest BCUT2D eigenvalue weighted by atomic mass is 10.0. The predicted octanol–water partition coefficient (Wildman–Crippen LogP) is 1.08. The molecule has 0 unspecified atom stereocenters. The molecular weight excluding hydrogens is 204 g/mol. The molecule has 0 aromatic heterocycles. The number of hydrogen-bond acceptors (Lipinski definition) is 3. The highest BCUT2D eigenvalue weighted by Crippen LogP contribution is 2.13. The van der Waals surface area contributed by atoms with Crippen molar-refractivity contribution in [1.82, 2.24) is 0 Å². The zero-order chi connectivity index (χ0) is 11.5. The fourth-order valence-electron chi connectivity index (χ4n) is 1.77. The summed E-state index contributed by atoms with van der Waals surface area (Å²) in [6.45, 7) is 0. The molecular formula is C13H12O3. The van der Waals surface area contributed by atoms with E-state index in [0.29, 0.717) is 12.0 Å². The molecule has 0 saturated heterocycles. The summed E-state index contributed by atoms with van der Waals surface area (Å²) in [5.41, 5.74) is 0.785. The third-order valence-electron chi connectivity index (χ3n) is 2.67. The van der Waals surface area contributed by atoms with Gasteiger partial charge in [-0.25, -0.2) is 0 Å². The van der Waals surface area contributed by atoms with Crippen LogP contribution in [0.15, 0.2) is 39.9 Å². The summed E-state index contributed by atoms with van der Waals surface area (Å²) in [7, 11) is 1.42. The average Bonchev–Trinajstić information content (AvgIpc) is 2.34. The van der Waals surface area contributed by atoms with E-state index in [1.165, 1.54) is 7.11 Å². The molecule has 0 radical (unpaired) electrons. The van der Waals surface area contributed by atoms with Crippen LogP contribution in [0.2, 0.25) is 0 Å². The second kappa shape index (κ2) is 4.31. The van der Waals surface area contributed by atoms with E-state index in [4.69, 9.17) is 4.74 Å². The molecule has 3 nitrogen and oxygen atoms in total. The van der Waals surface area contributed by atoms with Crippen LogP contribution in [-0.2, 0) is 12.8 Å². The van der Waals surface area contributed by atoms with Gasteiger partial charge in [-0.3, -0.25) is 9.59 Å². The Hall–Kier alpha value is -1.90. The molecule has 0 aliphatic heterocycles. The number of hydrogen-bond donors (Lipinski definition) is 0. The zero-order valence-corrected chi connectivity index (χ0v) is 9.03. The minimum absolute atomic E-state index is 0.237. The maximum absolute atomic E-state index is 11.3. The summed E-state index contributed by atoms with van der Waals surface area (Å²) >= 11 is 0. The summed E-state index contributed by atoms with van der Waals surface area (Å²) in [5, 5.41) is 0. The SMILES string of the molecule is COc1c(CCc2ccccc2)c(=O)c1=O. The first-order valence-electron chi connectivity index (χ1n) is 5.14. The van der Waals surface area contributed by atoms with Gasteiger partial charge in [-0.05, 0) is 18.4 Å². The van der Waals surface area contributed by atoms with Crippen LogP contribution in [0.25, 0.3) is 0 Å². The highest BCUT2D eigenvalue weighted by atomic mass is 16.5. The van der Waals surface area contributed by atoms with Crippen LogP contribution in [0.5, 0.6) is 5.75 Å². The summed E-state index contributed by atoms with van der Waals surface area (Å²) in [4.78, 5) is 22.3. The van der Waals surface area contributed by atoms with Crippen molar-refractivity contribution in [2.45, 2.75) is 12.8 Å². The van der Waals surface area contributed by atoms with Gasteiger partial charge in [0.05, 0.1) is 12.7 Å². The largest absolute Gasteiger partial charge is 0.492 e. The van der Waals surface area contributed by atoms with E-state index >= 15 is 0 Å². The van der Waals surface area contributed by atoms with Crippen molar-refractivity contribution < 1.29 is 4.74 Å². The lowest BCUT2D eigenvalue weighted by Gasteiger charge is -2.08. The Morgan fingerprint density at radius 3 is 2.31 bits per heavy atom. The van der Waals surface area contributed by atoms with Gasteiger partial charge in [0.1, 0.15) is 0 Å². The van der Waals surface area contributed by atoms with Gasteiger partial charge in [0.15, 0.2) is 5.75 Å². The van der Waals surface area contributed by atoms with Gasteiger partial charge in [0, 0.05) is 0 Å². The highest BCUT2D eigenvalue weighted by Gasteiger charge is 2.20. The molecule has 0 saturated carbocycles. The zero-order valence-electron chi connectivity index (χ0n) is 9.03. The molecule has 0 atom stereocenters. The van der Waals surface area contributed by atoms with Crippen molar-refractivity contribution in [3.05, 3.63) is 61.9 Å². The minimum Gasteiger partial charge on any atom is -0.492 e. The Bertz CT molecular complexity index is 548. The van der Waals surface area contributed by atoms with Crippen molar-refractivity contribution in [2.75, 3.05) is 7.11 Å². The molecule has 2 aromatic rings. The molecule has 2 aromatic carbocycles. The fraction of sp³-hybridized carbons (Fsp3) is 0.231. The van der Waals surface area contributed by atoms with Gasteiger partial charge in [-0.15, -0.1) is 0 Å². The van der Waals surface area contributed by atoms with Crippen molar-refractivity contribution in [3.8, 4) is 5.75 Å². The van der Waals surface area contributed by atoms with Crippen LogP contribution in [0.3, 0.4) is 0 Å². The molecule has 0 N–H and O–H groups in total. The van der Waals surface area contributed by atoms with Crippen LogP contribution in [-0.4, -0.2) is 7.11 Å². The molecule has 0 spiro atoms. The Morgan fingerprint density at radius 1 is 1.00 bits per heavy atom. The molecule has 2 rings (SSSR count). The quantitative estimate of drug-likeness (QED) is 0.718. The van der Waals surface area contributed by atoms with Crippen molar-refractivity contribution in [3.63, 3.8) is 0 Å². The Kier molecular flexibility index (Phi) is 2.86. The van der Waals surface area contributed by atoms with E-state index < -0.39 is 10.9 Å². The van der Waals surface area contributed by atoms with Gasteiger partial charge < -0.3 is 4.74 Å². The molecule has 3 heteroatoms. The molecule has 0 amide bonds. The lowest BCUT2D eigenvalue weighted by Crippen LogP contribution is -2.36. The first kappa shape index (κ1) is 10.6. The number of ether oxygens (including phenoxy) is 1. The second-order valence-electron chi connectivity index (χ2n) is 3.66. The number of benzene rings is 1. The Labute approximate surface area is 93.0 Å². The Morgan fingerprint density at radius 2 is 1.69 bits per heavy atom. The fourth-order valence-corrected chi connectivity index (χ4v) is 1.77. The van der Waals surface area contributed by atoms with Crippen LogP contribution >= 0.6 is 0 Å². The smallest absolute Gasteiger partial charge is 0.268 e. The molecule has 16 heavy (non-hydrogen) atoms. The van der Waals surface area contributed by atoms with E-state index in [1.54, 1.807) is 0 Å². The van der Waals surface area contributed by atoms with Gasteiger partial charge in [0.25, 0.3) is 5.43 Å². The highest BCUT2D eigenvalue weighted by molar-refractivity contribution is 5.40. The predicted molar refractivity (Wildman–Crippen MR) is 61.8 cm³/mol. The molecule has 0 bridgehead atoms. The maximum Gasteiger partial charge on any atom is 0.268 e. The molecule has 82 valence electrons. The topological polar surface area (TPSA) is 43.4 Å². The van der Waals surface area contributed by atoms with Crippen molar-refractivity contribution in [1.29, 1.82) is 0 Å². The van der Waals surface area contributed by atoms with Crippen LogP contribution in [0.4, 0.5) is 0 Å². The average molecular weight is 216 g/mol. The number of methoxy groups -OCH3 is 1. The van der Waals surface area contributed by atoms with Crippen LogP contribution in [0, 0.1) is 0 Å². The minimum atomic E-state index is -0.495. The first-order valence-corrected chi connectivity index (χ1v) is 5.14. The van der Waals surface area contributed by atoms with Gasteiger partial charge >= 0.3 is 0 Å².